The van der Waals surface area contributed by atoms with Crippen LogP contribution in [0.25, 0.3) is 0 Å². The van der Waals surface area contributed by atoms with Crippen LogP contribution < -0.4 is 0 Å². The van der Waals surface area contributed by atoms with Crippen LogP contribution in [-0.2, 0) is 4.74 Å². The van der Waals surface area contributed by atoms with E-state index < -0.39 is 11.2 Å². The molecule has 0 aliphatic heterocycles. The average Bonchev–Trinajstić information content (AvgIpc) is 2.91. The molecule has 3 unspecified atom stereocenters. The third kappa shape index (κ3) is 3.58. The molecule has 28 heavy (non-hydrogen) atoms. The highest BCUT2D eigenvalue weighted by Gasteiger charge is 2.60. The number of ether oxygens (including phenoxy) is 1. The monoisotopic (exact) mass is 392 g/mol. The summed E-state index contributed by atoms with van der Waals surface area (Å²) in [5, 5.41) is 20.6. The molecule has 4 aliphatic carbocycles. The van der Waals surface area contributed by atoms with Crippen LogP contribution in [0.1, 0.15) is 92.4 Å². The summed E-state index contributed by atoms with van der Waals surface area (Å²) in [6.45, 7) is 12.1. The van der Waals surface area contributed by atoms with Crippen molar-refractivity contribution >= 4 is 0 Å². The summed E-state index contributed by atoms with van der Waals surface area (Å²) in [5.41, 5.74) is -0.297. The average molecular weight is 393 g/mol. The highest BCUT2D eigenvalue weighted by Crippen LogP contribution is 2.67. The minimum absolute atomic E-state index is 0.421. The first-order valence-electron chi connectivity index (χ1n) is 12.0. The van der Waals surface area contributed by atoms with Crippen LogP contribution in [-0.4, -0.2) is 34.6 Å². The van der Waals surface area contributed by atoms with Gasteiger partial charge in [-0.3, -0.25) is 0 Å². The van der Waals surface area contributed by atoms with Gasteiger partial charge in [0.05, 0.1) is 24.4 Å². The Morgan fingerprint density at radius 2 is 1.61 bits per heavy atom. The van der Waals surface area contributed by atoms with Crippen molar-refractivity contribution in [3.63, 3.8) is 0 Å². The Morgan fingerprint density at radius 3 is 2.32 bits per heavy atom. The summed E-state index contributed by atoms with van der Waals surface area (Å²) in [6.07, 6.45) is 11.3. The lowest BCUT2D eigenvalue weighted by molar-refractivity contribution is -0.149. The Labute approximate surface area is 172 Å². The van der Waals surface area contributed by atoms with E-state index in [1.165, 1.54) is 44.9 Å². The topological polar surface area (TPSA) is 49.7 Å². The molecule has 0 radical (unpaired) electrons. The Balaban J connectivity index is 1.46. The summed E-state index contributed by atoms with van der Waals surface area (Å²) in [5.74, 6) is 3.95. The van der Waals surface area contributed by atoms with Crippen molar-refractivity contribution < 1.29 is 14.9 Å². The zero-order valence-corrected chi connectivity index (χ0v) is 19.0. The smallest absolute Gasteiger partial charge is 0.0824 e. The van der Waals surface area contributed by atoms with Gasteiger partial charge in [-0.1, -0.05) is 13.8 Å². The minimum atomic E-state index is -0.730. The zero-order chi connectivity index (χ0) is 20.4. The first kappa shape index (κ1) is 21.1. The number of fused-ring (bicyclic) bond motifs is 5. The van der Waals surface area contributed by atoms with Crippen molar-refractivity contribution in [2.75, 3.05) is 13.2 Å². The predicted molar refractivity (Wildman–Crippen MR) is 113 cm³/mol. The standard InChI is InChI=1S/C25H44O3/c1-22(2,26)16-28-15-18-7-9-20-19-8-6-17-14-23(3,27)12-13-25(17,5)21(19)10-11-24(18,20)4/h17-21,26-27H,6-16H2,1-5H3/t17-,18+,19?,20?,21?,23-,24+,25-/m0/s1. The molecule has 2 N–H and O–H groups in total. The van der Waals surface area contributed by atoms with Crippen molar-refractivity contribution in [2.24, 2.45) is 40.4 Å². The van der Waals surface area contributed by atoms with Crippen LogP contribution in [0.15, 0.2) is 0 Å². The molecular weight excluding hydrogens is 348 g/mol. The lowest BCUT2D eigenvalue weighted by atomic mass is 9.44. The number of rotatable bonds is 4. The van der Waals surface area contributed by atoms with Gasteiger partial charge in [0.1, 0.15) is 0 Å². The van der Waals surface area contributed by atoms with E-state index in [2.05, 4.69) is 20.8 Å². The Morgan fingerprint density at radius 1 is 0.893 bits per heavy atom. The third-order valence-electron chi connectivity index (χ3n) is 9.92. The van der Waals surface area contributed by atoms with Crippen LogP contribution >= 0.6 is 0 Å². The summed E-state index contributed by atoms with van der Waals surface area (Å²) in [7, 11) is 0. The molecule has 0 saturated heterocycles. The molecule has 0 spiro atoms. The first-order valence-corrected chi connectivity index (χ1v) is 12.0. The molecule has 8 atom stereocenters. The maximum Gasteiger partial charge on any atom is 0.0824 e. The number of aliphatic hydroxyl groups is 2. The van der Waals surface area contributed by atoms with Crippen molar-refractivity contribution in [3.05, 3.63) is 0 Å². The molecule has 4 aliphatic rings. The lowest BCUT2D eigenvalue weighted by Crippen LogP contribution is -2.55. The van der Waals surface area contributed by atoms with Crippen LogP contribution in [0.5, 0.6) is 0 Å². The van der Waals surface area contributed by atoms with Gasteiger partial charge in [-0.25, -0.2) is 0 Å². The second kappa shape index (κ2) is 6.95. The zero-order valence-electron chi connectivity index (χ0n) is 19.0. The van der Waals surface area contributed by atoms with Gasteiger partial charge in [-0.2, -0.15) is 0 Å². The van der Waals surface area contributed by atoms with Crippen molar-refractivity contribution in [1.82, 2.24) is 0 Å². The Bertz CT molecular complexity index is 579. The highest BCUT2D eigenvalue weighted by atomic mass is 16.5. The second-order valence-electron chi connectivity index (χ2n) is 12.5. The molecule has 162 valence electrons. The number of hydrogen-bond donors (Lipinski definition) is 2. The van der Waals surface area contributed by atoms with Crippen molar-refractivity contribution in [3.8, 4) is 0 Å². The van der Waals surface area contributed by atoms with Crippen LogP contribution in [0.2, 0.25) is 0 Å². The summed E-state index contributed by atoms with van der Waals surface area (Å²) in [6, 6.07) is 0. The first-order chi connectivity index (χ1) is 12.9. The molecule has 3 nitrogen and oxygen atoms in total. The fraction of sp³-hybridized carbons (Fsp3) is 1.00. The van der Waals surface area contributed by atoms with Gasteiger partial charge in [-0.15, -0.1) is 0 Å². The van der Waals surface area contributed by atoms with Crippen LogP contribution in [0.3, 0.4) is 0 Å². The minimum Gasteiger partial charge on any atom is -0.390 e. The van der Waals surface area contributed by atoms with Crippen LogP contribution in [0, 0.1) is 40.4 Å². The number of hydrogen-bond acceptors (Lipinski definition) is 3. The van der Waals surface area contributed by atoms with E-state index in [1.54, 1.807) is 0 Å². The van der Waals surface area contributed by atoms with Crippen molar-refractivity contribution in [2.45, 2.75) is 104 Å². The van der Waals surface area contributed by atoms with Gasteiger partial charge in [0.15, 0.2) is 0 Å². The largest absolute Gasteiger partial charge is 0.390 e. The van der Waals surface area contributed by atoms with E-state index in [9.17, 15) is 10.2 Å². The van der Waals surface area contributed by atoms with Gasteiger partial charge in [0.25, 0.3) is 0 Å². The molecule has 3 heteroatoms. The predicted octanol–water partition coefficient (Wildman–Crippen LogP) is 5.18. The molecule has 0 aromatic heterocycles. The SMILES string of the molecule is CC(C)(O)COC[C@H]1CCC2C3CC[C@H]4C[C@@](C)(O)CC[C@]4(C)C3CC[C@@]21C. The van der Waals surface area contributed by atoms with E-state index in [-0.39, 0.29) is 0 Å². The molecule has 4 fully saturated rings. The Hall–Kier alpha value is -0.120. The second-order valence-corrected chi connectivity index (χ2v) is 12.5. The van der Waals surface area contributed by atoms with Gasteiger partial charge in [0, 0.05) is 0 Å². The molecule has 0 aromatic rings. The maximum absolute atomic E-state index is 10.7. The van der Waals surface area contributed by atoms with E-state index in [0.717, 1.165) is 37.2 Å². The van der Waals surface area contributed by atoms with Gasteiger partial charge < -0.3 is 14.9 Å². The molecule has 4 rings (SSSR count). The van der Waals surface area contributed by atoms with Gasteiger partial charge in [0.2, 0.25) is 0 Å². The van der Waals surface area contributed by atoms with E-state index in [4.69, 9.17) is 4.74 Å². The van der Waals surface area contributed by atoms with Crippen molar-refractivity contribution in [1.29, 1.82) is 0 Å². The molecular formula is C25H44O3. The summed E-state index contributed by atoms with van der Waals surface area (Å²) < 4.78 is 5.98. The van der Waals surface area contributed by atoms with E-state index >= 15 is 0 Å². The molecule has 0 amide bonds. The Kier molecular flexibility index (Phi) is 5.25. The summed E-state index contributed by atoms with van der Waals surface area (Å²) >= 11 is 0. The quantitative estimate of drug-likeness (QED) is 0.693. The van der Waals surface area contributed by atoms with Crippen LogP contribution in [0.4, 0.5) is 0 Å². The molecule has 0 bridgehead atoms. The highest BCUT2D eigenvalue weighted by molar-refractivity contribution is 5.10. The van der Waals surface area contributed by atoms with E-state index in [1.807, 2.05) is 13.8 Å². The normalized spacial score (nSPS) is 51.3. The maximum atomic E-state index is 10.7. The third-order valence-corrected chi connectivity index (χ3v) is 9.92. The fourth-order valence-corrected chi connectivity index (χ4v) is 8.26. The summed E-state index contributed by atoms with van der Waals surface area (Å²) in [4.78, 5) is 0. The molecule has 0 heterocycles. The van der Waals surface area contributed by atoms with Gasteiger partial charge in [-0.05, 0) is 119 Å². The van der Waals surface area contributed by atoms with E-state index in [0.29, 0.717) is 29.3 Å². The fourth-order valence-electron chi connectivity index (χ4n) is 8.26. The lowest BCUT2D eigenvalue weighted by Gasteiger charge is -2.62. The molecule has 0 aromatic carbocycles. The van der Waals surface area contributed by atoms with Gasteiger partial charge >= 0.3 is 0 Å². The molecule has 4 saturated carbocycles.